The van der Waals surface area contributed by atoms with Gasteiger partial charge in [0.1, 0.15) is 18.2 Å². The van der Waals surface area contributed by atoms with Crippen molar-refractivity contribution in [2.45, 2.75) is 228 Å². The lowest BCUT2D eigenvalue weighted by atomic mass is 9.58. The summed E-state index contributed by atoms with van der Waals surface area (Å²) < 4.78 is 135. The number of rotatable bonds is 6. The molecule has 6 aromatic carbocycles. The SMILES string of the molecule is C.CB(C)C.CC.CC.CC.CC.CC.CC.CCc1c(C)c(C)c2c(c1C)C(O)(C(F)(F)F)c1ccccc1-2.CCc1c(C)c(OC=O)c2c(c1C)C(O)(C(F)(F)F)c1ccccc1-2.Cc1c(C)c(OC=O)c2c(c1C)C(O)(C(F)(F)F)c1ccccc1-2.[3HH].[3HH].[3HH]. The molecule has 3 aliphatic rings. The van der Waals surface area contributed by atoms with Gasteiger partial charge in [0, 0.05) is 48.8 Å². The van der Waals surface area contributed by atoms with Gasteiger partial charge in [-0.3, -0.25) is 9.59 Å². The van der Waals surface area contributed by atoms with E-state index in [0.29, 0.717) is 62.9 Å². The van der Waals surface area contributed by atoms with Crippen LogP contribution in [-0.2, 0) is 39.2 Å². The normalized spacial score (nSPS) is 16.1. The fraction of sp³-hybridized carbons (Fsp3) is 0.472. The van der Waals surface area contributed by atoms with Crippen LogP contribution >= 0.6 is 0 Å². The molecule has 6 aromatic rings. The molecule has 3 N–H and O–H groups in total. The molecule has 0 saturated heterocycles. The summed E-state index contributed by atoms with van der Waals surface area (Å²) in [4.78, 5) is 21.9. The number of alkyl halides is 9. The second-order valence-corrected chi connectivity index (χ2v) is 20.0. The topological polar surface area (TPSA) is 113 Å². The quantitative estimate of drug-likeness (QED) is 0.0865. The number of ether oxygens (including phenoxy) is 2. The second kappa shape index (κ2) is 35.2. The van der Waals surface area contributed by atoms with E-state index in [0.717, 1.165) is 23.4 Å². The van der Waals surface area contributed by atoms with Crippen LogP contribution in [0.3, 0.4) is 0 Å². The van der Waals surface area contributed by atoms with E-state index in [1.54, 1.807) is 71.9 Å². The van der Waals surface area contributed by atoms with E-state index in [2.05, 4.69) is 20.5 Å². The highest BCUT2D eigenvalue weighted by molar-refractivity contribution is 6.54. The van der Waals surface area contributed by atoms with Crippen molar-refractivity contribution in [2.75, 3.05) is 0 Å². The Balaban J connectivity index is -0.000000362. The van der Waals surface area contributed by atoms with Crippen LogP contribution in [0.1, 0.15) is 198 Å². The summed E-state index contributed by atoms with van der Waals surface area (Å²) in [5, 5.41) is 32.4. The van der Waals surface area contributed by atoms with Crippen LogP contribution in [-0.4, -0.2) is 53.5 Å². The molecule has 17 heteroatoms. The number of aliphatic hydroxyl groups is 3. The number of fused-ring (bicyclic) bond motifs is 9. The Morgan fingerprint density at radius 1 is 0.404 bits per heavy atom. The van der Waals surface area contributed by atoms with Crippen molar-refractivity contribution in [3.63, 3.8) is 0 Å². The fourth-order valence-corrected chi connectivity index (χ4v) is 11.4. The molecule has 3 atom stereocenters. The van der Waals surface area contributed by atoms with E-state index in [1.807, 2.05) is 104 Å². The van der Waals surface area contributed by atoms with Gasteiger partial charge in [-0.05, 0) is 146 Å². The zero-order chi connectivity index (χ0) is 69.2. The molecule has 7 nitrogen and oxygen atoms in total. The summed E-state index contributed by atoms with van der Waals surface area (Å²) in [5.41, 5.74) is -2.29. The van der Waals surface area contributed by atoms with Gasteiger partial charge < -0.3 is 24.8 Å². The molecule has 0 amide bonds. The van der Waals surface area contributed by atoms with Crippen LogP contribution in [0.4, 0.5) is 39.5 Å². The number of hydrogen-bond acceptors (Lipinski definition) is 7. The second-order valence-electron chi connectivity index (χ2n) is 20.0. The maximum absolute atomic E-state index is 14.0. The lowest BCUT2D eigenvalue weighted by Gasteiger charge is -2.31. The smallest absolute Gasteiger partial charge is 0.425 e. The number of hydrogen-bond donors (Lipinski definition) is 3. The molecule has 502 valence electrons. The summed E-state index contributed by atoms with van der Waals surface area (Å²) in [6.07, 6.45) is -13.5. The van der Waals surface area contributed by atoms with Gasteiger partial charge in [-0.2, -0.15) is 39.5 Å². The molecule has 3 aliphatic carbocycles. The van der Waals surface area contributed by atoms with Crippen LogP contribution in [0.25, 0.3) is 33.4 Å². The predicted octanol–water partition coefficient (Wildman–Crippen LogP) is 22.0. The lowest BCUT2D eigenvalue weighted by molar-refractivity contribution is -0.247. The summed E-state index contributed by atoms with van der Waals surface area (Å²) in [6, 6.07) is 17.9. The van der Waals surface area contributed by atoms with Crippen LogP contribution in [0.15, 0.2) is 72.8 Å². The van der Waals surface area contributed by atoms with E-state index < -0.39 is 35.3 Å². The first-order valence-corrected chi connectivity index (χ1v) is 30.6. The van der Waals surface area contributed by atoms with E-state index in [9.17, 15) is 64.4 Å². The van der Waals surface area contributed by atoms with Crippen molar-refractivity contribution in [3.05, 3.63) is 162 Å². The first-order valence-electron chi connectivity index (χ1n) is 30.6. The molecular formula is C72H106BF9O7. The Bertz CT molecular complexity index is 3290. The molecule has 0 aliphatic heterocycles. The van der Waals surface area contributed by atoms with Gasteiger partial charge in [0.2, 0.25) is 16.8 Å². The van der Waals surface area contributed by atoms with Gasteiger partial charge >= 0.3 is 18.5 Å². The Hall–Kier alpha value is -6.43. The molecule has 89 heavy (non-hydrogen) atoms. The van der Waals surface area contributed by atoms with Gasteiger partial charge in [0.15, 0.2) is 0 Å². The van der Waals surface area contributed by atoms with E-state index in [4.69, 9.17) is 9.47 Å². The number of halogens is 9. The summed E-state index contributed by atoms with van der Waals surface area (Å²) in [5.74, 6) is 0.121. The van der Waals surface area contributed by atoms with Crippen molar-refractivity contribution in [3.8, 4) is 44.9 Å². The first-order chi connectivity index (χ1) is 41.2. The third-order valence-electron chi connectivity index (χ3n) is 15.0. The van der Waals surface area contributed by atoms with Gasteiger partial charge in [-0.15, -0.1) is 0 Å². The first kappa shape index (κ1) is 84.6. The van der Waals surface area contributed by atoms with Gasteiger partial charge in [0.25, 0.3) is 12.9 Å². The molecule has 0 saturated carbocycles. The van der Waals surface area contributed by atoms with Crippen molar-refractivity contribution in [1.82, 2.24) is 0 Å². The average Bonchev–Trinajstić information content (AvgIpc) is 1.55. The van der Waals surface area contributed by atoms with Crippen LogP contribution < -0.4 is 9.47 Å². The van der Waals surface area contributed by atoms with Crippen LogP contribution in [0.5, 0.6) is 11.5 Å². The molecular weight excluding hydrogens is 1160 g/mol. The van der Waals surface area contributed by atoms with Crippen molar-refractivity contribution in [2.24, 2.45) is 0 Å². The van der Waals surface area contributed by atoms with Crippen LogP contribution in [0, 0.1) is 55.4 Å². The third-order valence-corrected chi connectivity index (χ3v) is 15.0. The highest BCUT2D eigenvalue weighted by Crippen LogP contribution is 2.62. The Labute approximate surface area is 531 Å². The van der Waals surface area contributed by atoms with E-state index in [-0.39, 0.29) is 91.8 Å². The van der Waals surface area contributed by atoms with Crippen molar-refractivity contribution < 1.29 is 78.2 Å². The monoisotopic (exact) mass is 1270 g/mol. The van der Waals surface area contributed by atoms with Gasteiger partial charge in [-0.25, -0.2) is 0 Å². The van der Waals surface area contributed by atoms with Gasteiger partial charge in [0.05, 0.1) is 0 Å². The molecule has 3 unspecified atom stereocenters. The van der Waals surface area contributed by atoms with Crippen LogP contribution in [0.2, 0.25) is 20.5 Å². The molecule has 9 rings (SSSR count). The standard InChI is InChI=1S/C19H17F3O3.C19H19F3O.C18H15F3O3.C3H9B.6C2H6.CH4.3H2/c1-4-12-10(2)16-15(17(11(12)3)25-9-23)13-7-5-6-8-14(13)18(16,24)19(20,21)22;1-5-13-10(2)11(3)16-14-8-6-7-9-15(14)18(23,19(20,21)22)17(16)12(13)4;1-9-10(2)15-14(16(11(9)3)24-8-22)12-6-4-5-7-13(12)17(15,23)18(19,20)21;1-4(2)3;6*1-2;;;;/h5-9,24H,4H2,1-3H3;6-9,23H,5H2,1-4H3;4-8,23H,1-3H3;1-3H3;6*1-2H3;1H4;3*1H/i;;;;;;;;;;;3*1+2. The Kier molecular flexibility index (Phi) is 33.5. The maximum Gasteiger partial charge on any atom is 0.425 e. The van der Waals surface area contributed by atoms with E-state index >= 15 is 0 Å². The minimum atomic E-state index is -4.92. The zero-order valence-electron chi connectivity index (χ0n) is 56.5. The minimum absolute atomic E-state index is 0. The van der Waals surface area contributed by atoms with Gasteiger partial charge in [-0.1, -0.05) is 198 Å². The predicted molar refractivity (Wildman–Crippen MR) is 357 cm³/mol. The summed E-state index contributed by atoms with van der Waals surface area (Å²) in [7, 11) is 0. The number of carbonyl (C=O) groups is 2. The number of carbonyl (C=O) groups excluding carboxylic acids is 2. The Morgan fingerprint density at radius 3 is 0.933 bits per heavy atom. The molecule has 0 radical (unpaired) electrons. The molecule has 0 bridgehead atoms. The highest BCUT2D eigenvalue weighted by Gasteiger charge is 2.64. The molecule has 0 fully saturated rings. The molecule has 0 aromatic heterocycles. The number of benzene rings is 6. The Morgan fingerprint density at radius 2 is 0.652 bits per heavy atom. The lowest BCUT2D eigenvalue weighted by Crippen LogP contribution is -2.42. The average molecular weight is 1270 g/mol. The van der Waals surface area contributed by atoms with Crippen molar-refractivity contribution >= 4 is 19.7 Å². The highest BCUT2D eigenvalue weighted by atomic mass is 19.4. The summed E-state index contributed by atoms with van der Waals surface area (Å²) >= 11 is 0. The molecule has 0 heterocycles. The maximum atomic E-state index is 14.0. The molecule has 0 spiro atoms. The van der Waals surface area contributed by atoms with E-state index in [1.165, 1.54) is 49.4 Å². The zero-order valence-corrected chi connectivity index (χ0v) is 56.5. The van der Waals surface area contributed by atoms with Crippen molar-refractivity contribution in [1.29, 1.82) is 0 Å². The fourth-order valence-electron chi connectivity index (χ4n) is 11.4. The minimum Gasteiger partial charge on any atom is -0.428 e. The summed E-state index contributed by atoms with van der Waals surface area (Å²) in [6.45, 7) is 49.0. The largest absolute Gasteiger partial charge is 0.428 e. The third kappa shape index (κ3) is 15.3.